The van der Waals surface area contributed by atoms with Crippen LogP contribution in [0.5, 0.6) is 0 Å². The average Bonchev–Trinajstić information content (AvgIpc) is 3.38. The summed E-state index contributed by atoms with van der Waals surface area (Å²) in [5, 5.41) is 0. The van der Waals surface area contributed by atoms with Gasteiger partial charge in [0.2, 0.25) is 0 Å². The van der Waals surface area contributed by atoms with Crippen LogP contribution >= 0.6 is 0 Å². The second-order valence-corrected chi connectivity index (χ2v) is 19.5. The summed E-state index contributed by atoms with van der Waals surface area (Å²) in [4.78, 5) is 38.1. The maximum atomic E-state index is 12.8. The topological polar surface area (TPSA) is 78.9 Å². The zero-order chi connectivity index (χ0) is 52.2. The maximum absolute atomic E-state index is 12.8. The van der Waals surface area contributed by atoms with Crippen LogP contribution in [-0.2, 0) is 28.6 Å². The average molecular weight is 1000 g/mol. The molecule has 6 heteroatoms. The molecule has 0 fully saturated rings. The van der Waals surface area contributed by atoms with E-state index < -0.39 is 6.10 Å². The van der Waals surface area contributed by atoms with Crippen molar-refractivity contribution in [1.29, 1.82) is 0 Å². The highest BCUT2D eigenvalue weighted by Crippen LogP contribution is 2.15. The van der Waals surface area contributed by atoms with Gasteiger partial charge < -0.3 is 14.2 Å². The Morgan fingerprint density at radius 3 is 0.875 bits per heavy atom. The van der Waals surface area contributed by atoms with Gasteiger partial charge in [0, 0.05) is 19.3 Å². The van der Waals surface area contributed by atoms with Gasteiger partial charge in [0.25, 0.3) is 0 Å². The van der Waals surface area contributed by atoms with Crippen LogP contribution in [0.25, 0.3) is 0 Å². The second kappa shape index (κ2) is 59.6. The summed E-state index contributed by atoms with van der Waals surface area (Å²) >= 11 is 0. The molecule has 1 unspecified atom stereocenters. The van der Waals surface area contributed by atoms with Crippen molar-refractivity contribution in [3.05, 3.63) is 109 Å². The van der Waals surface area contributed by atoms with Gasteiger partial charge in [-0.05, 0) is 109 Å². The first kappa shape index (κ1) is 68.1. The molecule has 0 aliphatic rings. The van der Waals surface area contributed by atoms with E-state index in [1.165, 1.54) is 96.3 Å². The van der Waals surface area contributed by atoms with E-state index in [4.69, 9.17) is 14.2 Å². The van der Waals surface area contributed by atoms with Gasteiger partial charge in [-0.2, -0.15) is 0 Å². The van der Waals surface area contributed by atoms with Crippen LogP contribution in [0.1, 0.15) is 271 Å². The first-order valence-corrected chi connectivity index (χ1v) is 29.9. The highest BCUT2D eigenvalue weighted by Gasteiger charge is 2.19. The first-order chi connectivity index (χ1) is 35.5. The van der Waals surface area contributed by atoms with Crippen molar-refractivity contribution in [2.75, 3.05) is 13.2 Å². The fourth-order valence-electron chi connectivity index (χ4n) is 8.04. The first-order valence-electron chi connectivity index (χ1n) is 29.9. The van der Waals surface area contributed by atoms with Gasteiger partial charge in [-0.3, -0.25) is 14.4 Å². The fourth-order valence-corrected chi connectivity index (χ4v) is 8.04. The highest BCUT2D eigenvalue weighted by molar-refractivity contribution is 5.71. The zero-order valence-electron chi connectivity index (χ0n) is 46.9. The van der Waals surface area contributed by atoms with E-state index in [0.717, 1.165) is 135 Å². The van der Waals surface area contributed by atoms with Crippen molar-refractivity contribution in [3.8, 4) is 0 Å². The molecule has 0 heterocycles. The third-order valence-corrected chi connectivity index (χ3v) is 12.5. The van der Waals surface area contributed by atoms with E-state index in [1.54, 1.807) is 0 Å². The molecule has 0 aromatic rings. The van der Waals surface area contributed by atoms with Gasteiger partial charge in [-0.1, -0.05) is 252 Å². The Hall–Kier alpha value is -3.93. The number of carbonyl (C=O) groups excluding carboxylic acids is 3. The molecule has 0 aliphatic carbocycles. The molecule has 0 radical (unpaired) electrons. The van der Waals surface area contributed by atoms with E-state index >= 15 is 0 Å². The Bertz CT molecular complexity index is 1470. The highest BCUT2D eigenvalue weighted by atomic mass is 16.6. The molecule has 410 valence electrons. The molecule has 0 N–H and O–H groups in total. The summed E-state index contributed by atoms with van der Waals surface area (Å²) in [7, 11) is 0. The molecule has 0 saturated carbocycles. The van der Waals surface area contributed by atoms with E-state index in [9.17, 15) is 14.4 Å². The quantitative estimate of drug-likeness (QED) is 0.0261. The van der Waals surface area contributed by atoms with Crippen molar-refractivity contribution in [2.24, 2.45) is 0 Å². The van der Waals surface area contributed by atoms with Crippen LogP contribution < -0.4 is 0 Å². The summed E-state index contributed by atoms with van der Waals surface area (Å²) in [6.07, 6.45) is 80.8. The number of hydrogen-bond acceptors (Lipinski definition) is 6. The molecule has 72 heavy (non-hydrogen) atoms. The van der Waals surface area contributed by atoms with Gasteiger partial charge in [0.15, 0.2) is 6.10 Å². The van der Waals surface area contributed by atoms with Gasteiger partial charge in [0.1, 0.15) is 13.2 Å². The van der Waals surface area contributed by atoms with Crippen LogP contribution in [0.3, 0.4) is 0 Å². The van der Waals surface area contributed by atoms with E-state index in [0.29, 0.717) is 19.3 Å². The molecule has 1 atom stereocenters. The molecule has 0 rings (SSSR count). The van der Waals surface area contributed by atoms with Crippen molar-refractivity contribution >= 4 is 17.9 Å². The minimum absolute atomic E-state index is 0.0883. The monoisotopic (exact) mass is 999 g/mol. The summed E-state index contributed by atoms with van der Waals surface area (Å²) in [6.45, 7) is 6.48. The molecule has 0 saturated heterocycles. The molecule has 0 aliphatic heterocycles. The maximum Gasteiger partial charge on any atom is 0.306 e. The SMILES string of the molecule is CC/C=C\C/C=C\C/C=C\C/C=C\C/C=C\C/C=C\C/C=C\C/C=C\CCCCCCC(=O)OCC(COC(=O)CCCCCCCCCCCCCC)OC(=O)CCCCCCC/C=C\CCCCCC. The van der Waals surface area contributed by atoms with Gasteiger partial charge in [-0.15, -0.1) is 0 Å². The molecule has 0 bridgehead atoms. The summed E-state index contributed by atoms with van der Waals surface area (Å²) in [5.41, 5.74) is 0. The number of carbonyl (C=O) groups is 3. The lowest BCUT2D eigenvalue weighted by Gasteiger charge is -2.18. The van der Waals surface area contributed by atoms with Crippen LogP contribution in [-0.4, -0.2) is 37.2 Å². The van der Waals surface area contributed by atoms with Crippen molar-refractivity contribution in [1.82, 2.24) is 0 Å². The number of allylic oxidation sites excluding steroid dienone is 18. The van der Waals surface area contributed by atoms with Crippen LogP contribution in [0.2, 0.25) is 0 Å². The Labute approximate surface area is 444 Å². The van der Waals surface area contributed by atoms with Gasteiger partial charge in [0.05, 0.1) is 0 Å². The van der Waals surface area contributed by atoms with Crippen molar-refractivity contribution < 1.29 is 28.6 Å². The molecule has 0 amide bonds. The molecule has 6 nitrogen and oxygen atoms in total. The number of unbranched alkanes of at least 4 members (excludes halogenated alkanes) is 24. The smallest absolute Gasteiger partial charge is 0.306 e. The molecule has 0 aromatic carbocycles. The normalized spacial score (nSPS) is 12.9. The Morgan fingerprint density at radius 1 is 0.292 bits per heavy atom. The number of rotatable bonds is 53. The molecule has 0 aromatic heterocycles. The van der Waals surface area contributed by atoms with Crippen LogP contribution in [0.15, 0.2) is 109 Å². The van der Waals surface area contributed by atoms with E-state index in [1.807, 2.05) is 0 Å². The third-order valence-electron chi connectivity index (χ3n) is 12.5. The summed E-state index contributed by atoms with van der Waals surface area (Å²) in [5.74, 6) is -0.921. The van der Waals surface area contributed by atoms with E-state index in [-0.39, 0.29) is 31.1 Å². The zero-order valence-corrected chi connectivity index (χ0v) is 46.9. The van der Waals surface area contributed by atoms with Crippen LogP contribution in [0.4, 0.5) is 0 Å². The fraction of sp³-hybridized carbons (Fsp3) is 0.682. The summed E-state index contributed by atoms with van der Waals surface area (Å²) < 4.78 is 16.8. The second-order valence-electron chi connectivity index (χ2n) is 19.5. The number of esters is 3. The lowest BCUT2D eigenvalue weighted by atomic mass is 10.0. The van der Waals surface area contributed by atoms with Gasteiger partial charge >= 0.3 is 17.9 Å². The summed E-state index contributed by atoms with van der Waals surface area (Å²) in [6, 6.07) is 0. The minimum atomic E-state index is -0.792. The minimum Gasteiger partial charge on any atom is -0.462 e. The predicted molar refractivity (Wildman–Crippen MR) is 311 cm³/mol. The Balaban J connectivity index is 4.33. The predicted octanol–water partition coefficient (Wildman–Crippen LogP) is 20.3. The lowest BCUT2D eigenvalue weighted by molar-refractivity contribution is -0.167. The largest absolute Gasteiger partial charge is 0.462 e. The Morgan fingerprint density at radius 2 is 0.542 bits per heavy atom. The molecular weight excluding hydrogens is 889 g/mol. The standard InChI is InChI=1S/C66H110O6/c1-4-7-10-13-16-19-22-25-26-27-28-29-30-31-32-33-34-35-36-37-38-39-40-42-44-47-50-53-56-59-65(68)71-62-63(61-70-64(67)58-55-52-49-46-43-24-21-18-15-12-9-6-3)72-66(69)60-57-54-51-48-45-41-23-20-17-14-11-8-5-2/h7,10,16,19-20,23,25-26,28-29,31-32,34-35,37-38,40,42,63H,4-6,8-9,11-15,17-18,21-22,24,27,30,33,36,39,41,43-62H2,1-3H3/b10-7-,19-16-,23-20-,26-25-,29-28-,32-31-,35-34-,38-37-,42-40-. The van der Waals surface area contributed by atoms with Crippen molar-refractivity contribution in [3.63, 3.8) is 0 Å². The molecule has 0 spiro atoms. The third kappa shape index (κ3) is 57.0. The Kier molecular flexibility index (Phi) is 56.4. The molecular formula is C66H110O6. The number of ether oxygens (including phenoxy) is 3. The van der Waals surface area contributed by atoms with E-state index in [2.05, 4.69) is 130 Å². The van der Waals surface area contributed by atoms with Crippen LogP contribution in [0, 0.1) is 0 Å². The lowest BCUT2D eigenvalue weighted by Crippen LogP contribution is -2.30. The number of hydrogen-bond donors (Lipinski definition) is 0. The van der Waals surface area contributed by atoms with Crippen molar-refractivity contribution in [2.45, 2.75) is 277 Å². The van der Waals surface area contributed by atoms with Gasteiger partial charge in [-0.25, -0.2) is 0 Å².